The summed E-state index contributed by atoms with van der Waals surface area (Å²) in [7, 11) is 0. The number of hydrazone groups is 1. The molecule has 156 valence electrons. The first kappa shape index (κ1) is 21.2. The van der Waals surface area contributed by atoms with Crippen molar-refractivity contribution in [2.24, 2.45) is 5.10 Å². The largest absolute Gasteiger partial charge is 0.451 e. The zero-order valence-corrected chi connectivity index (χ0v) is 17.3. The van der Waals surface area contributed by atoms with Crippen LogP contribution < -0.4 is 10.3 Å². The van der Waals surface area contributed by atoms with Gasteiger partial charge in [0.2, 0.25) is 5.91 Å². The molecule has 1 N–H and O–H groups in total. The van der Waals surface area contributed by atoms with E-state index in [0.29, 0.717) is 11.4 Å². The molecule has 0 radical (unpaired) electrons. The fraction of sp³-hybridized carbons (Fsp3) is 0.304. The lowest BCUT2D eigenvalue weighted by molar-refractivity contribution is -0.140. The summed E-state index contributed by atoms with van der Waals surface area (Å²) >= 11 is 0. The maximum Gasteiger partial charge on any atom is 0.355 e. The Bertz CT molecular complexity index is 960. The van der Waals surface area contributed by atoms with E-state index in [-0.39, 0.29) is 29.9 Å². The molecule has 1 aliphatic rings. The summed E-state index contributed by atoms with van der Waals surface area (Å²) in [6, 6.07) is 16.4. The number of nitrogens with zero attached hydrogens (tertiary/aromatic N) is 2. The second kappa shape index (κ2) is 8.90. The van der Waals surface area contributed by atoms with Crippen molar-refractivity contribution < 1.29 is 19.1 Å². The Morgan fingerprint density at radius 1 is 1.03 bits per heavy atom. The van der Waals surface area contributed by atoms with E-state index in [0.717, 1.165) is 5.56 Å². The first-order valence-corrected chi connectivity index (χ1v) is 9.77. The van der Waals surface area contributed by atoms with E-state index in [4.69, 9.17) is 4.74 Å². The van der Waals surface area contributed by atoms with Crippen LogP contribution in [-0.2, 0) is 24.5 Å². The lowest BCUT2D eigenvalue weighted by Gasteiger charge is -2.22. The molecule has 0 unspecified atom stereocenters. The first-order valence-electron chi connectivity index (χ1n) is 9.77. The van der Waals surface area contributed by atoms with E-state index in [9.17, 15) is 14.4 Å². The number of anilines is 2. The van der Waals surface area contributed by atoms with Gasteiger partial charge in [0.25, 0.3) is 5.91 Å². The van der Waals surface area contributed by atoms with Gasteiger partial charge in [0.15, 0.2) is 6.61 Å². The molecule has 0 saturated carbocycles. The van der Waals surface area contributed by atoms with Gasteiger partial charge in [0, 0.05) is 18.5 Å². The Morgan fingerprint density at radius 2 is 1.70 bits per heavy atom. The number of hydrogen-bond acceptors (Lipinski definition) is 5. The van der Waals surface area contributed by atoms with Crippen molar-refractivity contribution in [2.75, 3.05) is 16.9 Å². The van der Waals surface area contributed by atoms with Gasteiger partial charge in [-0.15, -0.1) is 0 Å². The summed E-state index contributed by atoms with van der Waals surface area (Å²) in [5, 5.41) is 8.01. The fourth-order valence-electron chi connectivity index (χ4n) is 2.94. The number of ether oxygens (including phenoxy) is 1. The molecule has 2 aromatic carbocycles. The van der Waals surface area contributed by atoms with Gasteiger partial charge in [0.05, 0.1) is 5.69 Å². The van der Waals surface area contributed by atoms with Crippen molar-refractivity contribution in [3.63, 3.8) is 0 Å². The van der Waals surface area contributed by atoms with E-state index >= 15 is 0 Å². The van der Waals surface area contributed by atoms with E-state index < -0.39 is 18.5 Å². The molecule has 0 bridgehead atoms. The van der Waals surface area contributed by atoms with Crippen LogP contribution in [-0.4, -0.2) is 30.1 Å². The van der Waals surface area contributed by atoms with Crippen molar-refractivity contribution in [1.29, 1.82) is 0 Å². The second-order valence-corrected chi connectivity index (χ2v) is 8.04. The molecule has 2 aromatic rings. The minimum atomic E-state index is -0.707. The normalized spacial score (nSPS) is 14.2. The number of para-hydroxylation sites is 1. The average Bonchev–Trinajstić information content (AvgIpc) is 2.73. The van der Waals surface area contributed by atoms with Crippen LogP contribution in [0.2, 0.25) is 0 Å². The molecular formula is C23H25N3O4. The monoisotopic (exact) mass is 407 g/mol. The topological polar surface area (TPSA) is 88.1 Å². The minimum Gasteiger partial charge on any atom is -0.451 e. The number of carbonyl (C=O) groups excluding carboxylic acids is 3. The van der Waals surface area contributed by atoms with Crippen LogP contribution in [0.1, 0.15) is 39.2 Å². The average molecular weight is 407 g/mol. The summed E-state index contributed by atoms with van der Waals surface area (Å²) in [5.74, 6) is -1.35. The van der Waals surface area contributed by atoms with Crippen molar-refractivity contribution in [3.05, 3.63) is 60.2 Å². The maximum absolute atomic E-state index is 12.3. The Kier molecular flexibility index (Phi) is 6.30. The number of amides is 2. The predicted molar refractivity (Wildman–Crippen MR) is 115 cm³/mol. The van der Waals surface area contributed by atoms with Crippen LogP contribution in [0.25, 0.3) is 0 Å². The van der Waals surface area contributed by atoms with Crippen molar-refractivity contribution in [2.45, 2.75) is 39.0 Å². The Labute approximate surface area is 175 Å². The molecule has 1 aliphatic heterocycles. The zero-order chi connectivity index (χ0) is 21.7. The highest BCUT2D eigenvalue weighted by molar-refractivity contribution is 6.38. The van der Waals surface area contributed by atoms with Crippen LogP contribution in [0.3, 0.4) is 0 Å². The maximum atomic E-state index is 12.3. The Balaban J connectivity index is 1.57. The lowest BCUT2D eigenvalue weighted by atomic mass is 9.87. The van der Waals surface area contributed by atoms with Crippen molar-refractivity contribution >= 4 is 34.9 Å². The van der Waals surface area contributed by atoms with Crippen LogP contribution in [0, 0.1) is 0 Å². The molecule has 1 heterocycles. The van der Waals surface area contributed by atoms with Crippen molar-refractivity contribution in [1.82, 2.24) is 0 Å². The van der Waals surface area contributed by atoms with Gasteiger partial charge >= 0.3 is 5.97 Å². The predicted octanol–water partition coefficient (Wildman–Crippen LogP) is 3.65. The second-order valence-electron chi connectivity index (χ2n) is 8.04. The van der Waals surface area contributed by atoms with Crippen LogP contribution in [0.4, 0.5) is 11.4 Å². The number of rotatable bonds is 5. The van der Waals surface area contributed by atoms with Crippen LogP contribution >= 0.6 is 0 Å². The molecule has 30 heavy (non-hydrogen) atoms. The third-order valence-electron chi connectivity index (χ3n) is 4.64. The van der Waals surface area contributed by atoms with Gasteiger partial charge in [-0.3, -0.25) is 9.59 Å². The summed E-state index contributed by atoms with van der Waals surface area (Å²) in [6.45, 7) is 5.90. The van der Waals surface area contributed by atoms with Gasteiger partial charge in [-0.1, -0.05) is 51.1 Å². The van der Waals surface area contributed by atoms with Crippen LogP contribution in [0.15, 0.2) is 59.7 Å². The van der Waals surface area contributed by atoms with Gasteiger partial charge in [-0.2, -0.15) is 5.10 Å². The molecule has 0 atom stereocenters. The van der Waals surface area contributed by atoms with E-state index in [1.807, 2.05) is 30.3 Å². The van der Waals surface area contributed by atoms with E-state index in [1.165, 1.54) is 5.01 Å². The summed E-state index contributed by atoms with van der Waals surface area (Å²) in [6.07, 6.45) is 0.325. The van der Waals surface area contributed by atoms with Gasteiger partial charge in [-0.05, 0) is 35.2 Å². The van der Waals surface area contributed by atoms with Crippen molar-refractivity contribution in [3.8, 4) is 0 Å². The van der Waals surface area contributed by atoms with E-state index in [2.05, 4.69) is 31.2 Å². The number of benzene rings is 2. The highest BCUT2D eigenvalue weighted by Gasteiger charge is 2.26. The lowest BCUT2D eigenvalue weighted by Crippen LogP contribution is -2.35. The SMILES string of the molecule is CC(C)(C)c1ccc(NC(=O)COC(=O)C2=NN(c3ccccc3)C(=O)CC2)cc1. The zero-order valence-electron chi connectivity index (χ0n) is 17.3. The number of nitrogens with one attached hydrogen (secondary N) is 1. The van der Waals surface area contributed by atoms with Gasteiger partial charge < -0.3 is 10.1 Å². The standard InChI is InChI=1S/C23H25N3O4/c1-23(2,3)16-9-11-17(12-10-16)24-20(27)15-30-22(29)19-13-14-21(28)26(25-19)18-7-5-4-6-8-18/h4-12H,13-15H2,1-3H3,(H,24,27). The van der Waals surface area contributed by atoms with Gasteiger partial charge in [-0.25, -0.2) is 9.80 Å². The van der Waals surface area contributed by atoms with E-state index in [1.54, 1.807) is 24.3 Å². The molecule has 2 amide bonds. The quantitative estimate of drug-likeness (QED) is 0.767. The Hall–Kier alpha value is -3.48. The number of hydrogen-bond donors (Lipinski definition) is 1. The summed E-state index contributed by atoms with van der Waals surface area (Å²) < 4.78 is 5.09. The third-order valence-corrected chi connectivity index (χ3v) is 4.64. The Morgan fingerprint density at radius 3 is 2.33 bits per heavy atom. The number of carbonyl (C=O) groups is 3. The smallest absolute Gasteiger partial charge is 0.355 e. The summed E-state index contributed by atoms with van der Waals surface area (Å²) in [4.78, 5) is 36.6. The van der Waals surface area contributed by atoms with Gasteiger partial charge in [0.1, 0.15) is 5.71 Å². The molecule has 0 spiro atoms. The van der Waals surface area contributed by atoms with Crippen LogP contribution in [0.5, 0.6) is 0 Å². The molecule has 7 heteroatoms. The molecule has 0 aromatic heterocycles. The molecular weight excluding hydrogens is 382 g/mol. The molecule has 0 aliphatic carbocycles. The molecule has 7 nitrogen and oxygen atoms in total. The first-order chi connectivity index (χ1) is 14.2. The molecule has 0 fully saturated rings. The number of esters is 1. The highest BCUT2D eigenvalue weighted by Crippen LogP contribution is 2.23. The third kappa shape index (κ3) is 5.31. The minimum absolute atomic E-state index is 0.0216. The highest BCUT2D eigenvalue weighted by atomic mass is 16.5. The molecule has 0 saturated heterocycles. The molecule has 3 rings (SSSR count). The summed E-state index contributed by atoms with van der Waals surface area (Å²) in [5.41, 5.74) is 2.48. The fourth-order valence-corrected chi connectivity index (χ4v) is 2.94.